The lowest BCUT2D eigenvalue weighted by Gasteiger charge is -2.14. The molecule has 0 heterocycles. The third kappa shape index (κ3) is 2.98. The van der Waals surface area contributed by atoms with Crippen molar-refractivity contribution in [2.24, 2.45) is 5.73 Å². The molecule has 0 aliphatic rings. The summed E-state index contributed by atoms with van der Waals surface area (Å²) in [5.74, 6) is 1.61. The van der Waals surface area contributed by atoms with Crippen molar-refractivity contribution in [3.8, 4) is 17.2 Å². The maximum atomic E-state index is 5.89. The summed E-state index contributed by atoms with van der Waals surface area (Å²) in [5, 5.41) is 0. The Morgan fingerprint density at radius 3 is 2.00 bits per heavy atom. The molecule has 0 aliphatic carbocycles. The SMILES string of the molecule is CON/C=C(\N)c1cc(OC)c(OC)c(OC)c1. The van der Waals surface area contributed by atoms with Crippen molar-refractivity contribution in [2.45, 2.75) is 0 Å². The van der Waals surface area contributed by atoms with E-state index in [1.54, 1.807) is 33.5 Å². The van der Waals surface area contributed by atoms with Crippen LogP contribution < -0.4 is 25.4 Å². The van der Waals surface area contributed by atoms with Gasteiger partial charge in [-0.05, 0) is 12.1 Å². The molecular formula is C12H18N2O4. The van der Waals surface area contributed by atoms with Gasteiger partial charge in [-0.2, -0.15) is 0 Å². The second-order valence-electron chi connectivity index (χ2n) is 3.34. The molecule has 0 atom stereocenters. The Kier molecular flexibility index (Phi) is 5.13. The van der Waals surface area contributed by atoms with Crippen molar-refractivity contribution in [3.05, 3.63) is 23.9 Å². The molecule has 6 heteroatoms. The minimum atomic E-state index is 0.483. The highest BCUT2D eigenvalue weighted by Gasteiger charge is 2.13. The third-order valence-corrected chi connectivity index (χ3v) is 2.33. The van der Waals surface area contributed by atoms with Crippen molar-refractivity contribution < 1.29 is 19.0 Å². The zero-order valence-corrected chi connectivity index (χ0v) is 10.9. The first-order chi connectivity index (χ1) is 8.67. The summed E-state index contributed by atoms with van der Waals surface area (Å²) in [7, 11) is 6.15. The smallest absolute Gasteiger partial charge is 0.203 e. The zero-order valence-electron chi connectivity index (χ0n) is 10.9. The van der Waals surface area contributed by atoms with Crippen LogP contribution in [0.5, 0.6) is 17.2 Å². The van der Waals surface area contributed by atoms with E-state index < -0.39 is 0 Å². The standard InChI is InChI=1S/C12H18N2O4/c1-15-10-5-8(9(13)7-14-18-4)6-11(16-2)12(10)17-3/h5-7,14H,13H2,1-4H3/b9-7-. The van der Waals surface area contributed by atoms with Gasteiger partial charge in [0.2, 0.25) is 5.75 Å². The molecule has 0 amide bonds. The number of hydrogen-bond acceptors (Lipinski definition) is 6. The van der Waals surface area contributed by atoms with Crippen molar-refractivity contribution in [2.75, 3.05) is 28.4 Å². The number of ether oxygens (including phenoxy) is 3. The average Bonchev–Trinajstić information content (AvgIpc) is 2.42. The van der Waals surface area contributed by atoms with Crippen LogP contribution in [0.4, 0.5) is 0 Å². The van der Waals surface area contributed by atoms with Gasteiger partial charge in [-0.3, -0.25) is 10.3 Å². The molecule has 0 unspecified atom stereocenters. The molecular weight excluding hydrogens is 236 g/mol. The molecule has 0 spiro atoms. The zero-order chi connectivity index (χ0) is 13.5. The molecule has 0 aliphatic heterocycles. The van der Waals surface area contributed by atoms with Gasteiger partial charge >= 0.3 is 0 Å². The van der Waals surface area contributed by atoms with Gasteiger partial charge in [0, 0.05) is 11.8 Å². The van der Waals surface area contributed by atoms with Gasteiger partial charge in [-0.1, -0.05) is 0 Å². The lowest BCUT2D eigenvalue weighted by Crippen LogP contribution is -2.07. The highest BCUT2D eigenvalue weighted by Crippen LogP contribution is 2.39. The number of hydrogen-bond donors (Lipinski definition) is 2. The summed E-state index contributed by atoms with van der Waals surface area (Å²) < 4.78 is 15.7. The van der Waals surface area contributed by atoms with Crippen LogP contribution in [0.1, 0.15) is 5.56 Å². The molecule has 1 aromatic carbocycles. The molecule has 3 N–H and O–H groups in total. The Hall–Kier alpha value is -2.08. The number of rotatable bonds is 6. The molecule has 0 radical (unpaired) electrons. The van der Waals surface area contributed by atoms with Crippen molar-refractivity contribution in [3.63, 3.8) is 0 Å². The summed E-state index contributed by atoms with van der Waals surface area (Å²) in [4.78, 5) is 4.70. The first-order valence-corrected chi connectivity index (χ1v) is 5.22. The Morgan fingerprint density at radius 1 is 1.06 bits per heavy atom. The first-order valence-electron chi connectivity index (χ1n) is 5.22. The second-order valence-corrected chi connectivity index (χ2v) is 3.34. The van der Waals surface area contributed by atoms with E-state index in [-0.39, 0.29) is 0 Å². The molecule has 0 aromatic heterocycles. The highest BCUT2D eigenvalue weighted by atomic mass is 16.6. The maximum absolute atomic E-state index is 5.89. The number of nitrogens with two attached hydrogens (primary N) is 1. The average molecular weight is 254 g/mol. The molecule has 0 saturated heterocycles. The molecule has 1 rings (SSSR count). The van der Waals surface area contributed by atoms with Crippen molar-refractivity contribution in [1.82, 2.24) is 5.48 Å². The van der Waals surface area contributed by atoms with E-state index in [0.29, 0.717) is 22.9 Å². The molecule has 1 aromatic rings. The van der Waals surface area contributed by atoms with Crippen LogP contribution in [0.15, 0.2) is 18.3 Å². The monoisotopic (exact) mass is 254 g/mol. The maximum Gasteiger partial charge on any atom is 0.203 e. The van der Waals surface area contributed by atoms with Crippen molar-refractivity contribution >= 4 is 5.70 Å². The Balaban J connectivity index is 3.22. The summed E-state index contributed by atoms with van der Waals surface area (Å²) in [6.45, 7) is 0. The molecule has 0 bridgehead atoms. The first kappa shape index (κ1) is 14.0. The molecule has 18 heavy (non-hydrogen) atoms. The molecule has 100 valence electrons. The summed E-state index contributed by atoms with van der Waals surface area (Å²) >= 11 is 0. The normalized spacial score (nSPS) is 11.0. The van der Waals surface area contributed by atoms with Gasteiger partial charge in [-0.15, -0.1) is 0 Å². The Bertz CT molecular complexity index is 407. The van der Waals surface area contributed by atoms with Gasteiger partial charge in [-0.25, -0.2) is 0 Å². The third-order valence-electron chi connectivity index (χ3n) is 2.33. The predicted octanol–water partition coefficient (Wildman–Crippen LogP) is 1.12. The van der Waals surface area contributed by atoms with Gasteiger partial charge in [0.1, 0.15) is 0 Å². The van der Waals surface area contributed by atoms with E-state index in [4.69, 9.17) is 24.8 Å². The molecule has 6 nitrogen and oxygen atoms in total. The number of methoxy groups -OCH3 is 3. The van der Waals surface area contributed by atoms with Crippen LogP contribution in [0.3, 0.4) is 0 Å². The van der Waals surface area contributed by atoms with Crippen LogP contribution in [0.2, 0.25) is 0 Å². The number of benzene rings is 1. The van der Waals surface area contributed by atoms with E-state index >= 15 is 0 Å². The Morgan fingerprint density at radius 2 is 1.61 bits per heavy atom. The van der Waals surface area contributed by atoms with Crippen LogP contribution in [-0.2, 0) is 4.84 Å². The largest absolute Gasteiger partial charge is 0.493 e. The van der Waals surface area contributed by atoms with Crippen LogP contribution >= 0.6 is 0 Å². The lowest BCUT2D eigenvalue weighted by molar-refractivity contribution is 0.128. The van der Waals surface area contributed by atoms with E-state index in [9.17, 15) is 0 Å². The van der Waals surface area contributed by atoms with Crippen molar-refractivity contribution in [1.29, 1.82) is 0 Å². The fourth-order valence-corrected chi connectivity index (χ4v) is 1.45. The molecule has 0 fully saturated rings. The number of nitrogens with one attached hydrogen (secondary N) is 1. The van der Waals surface area contributed by atoms with Crippen LogP contribution in [0.25, 0.3) is 5.70 Å². The fraction of sp³-hybridized carbons (Fsp3) is 0.333. The quantitative estimate of drug-likeness (QED) is 0.741. The van der Waals surface area contributed by atoms with Gasteiger partial charge in [0.25, 0.3) is 0 Å². The molecule has 0 saturated carbocycles. The summed E-state index contributed by atoms with van der Waals surface area (Å²) in [5.41, 5.74) is 9.65. The van der Waals surface area contributed by atoms with Gasteiger partial charge < -0.3 is 19.9 Å². The van der Waals surface area contributed by atoms with E-state index in [1.165, 1.54) is 13.3 Å². The van der Waals surface area contributed by atoms with E-state index in [2.05, 4.69) is 5.48 Å². The fourth-order valence-electron chi connectivity index (χ4n) is 1.45. The van der Waals surface area contributed by atoms with Crippen LogP contribution in [0, 0.1) is 0 Å². The summed E-state index contributed by atoms with van der Waals surface area (Å²) in [6.07, 6.45) is 1.53. The Labute approximate surface area is 106 Å². The lowest BCUT2D eigenvalue weighted by atomic mass is 10.1. The highest BCUT2D eigenvalue weighted by molar-refractivity contribution is 5.68. The summed E-state index contributed by atoms with van der Waals surface area (Å²) in [6, 6.07) is 3.51. The minimum absolute atomic E-state index is 0.483. The van der Waals surface area contributed by atoms with Gasteiger partial charge in [0.05, 0.1) is 34.1 Å². The van der Waals surface area contributed by atoms with Crippen LogP contribution in [-0.4, -0.2) is 28.4 Å². The van der Waals surface area contributed by atoms with E-state index in [1.807, 2.05) is 0 Å². The predicted molar refractivity (Wildman–Crippen MR) is 68.4 cm³/mol. The second kappa shape index (κ2) is 6.61. The van der Waals surface area contributed by atoms with E-state index in [0.717, 1.165) is 5.56 Å². The topological polar surface area (TPSA) is 75.0 Å². The minimum Gasteiger partial charge on any atom is -0.493 e. The van der Waals surface area contributed by atoms with Gasteiger partial charge in [0.15, 0.2) is 11.5 Å². The number of hydroxylamine groups is 1.